The highest BCUT2D eigenvalue weighted by Gasteiger charge is 2.19. The van der Waals surface area contributed by atoms with Crippen LogP contribution in [0.1, 0.15) is 51.4 Å². The zero-order valence-corrected chi connectivity index (χ0v) is 14.6. The third-order valence-corrected chi connectivity index (χ3v) is 5.89. The molecule has 3 aromatic rings. The second-order valence-electron chi connectivity index (χ2n) is 6.50. The molecule has 0 aliphatic heterocycles. The molecule has 2 aromatic heterocycles. The third kappa shape index (κ3) is 3.09. The highest BCUT2D eigenvalue weighted by molar-refractivity contribution is 7.18. The highest BCUT2D eigenvalue weighted by Crippen LogP contribution is 2.32. The first kappa shape index (κ1) is 16.0. The third-order valence-electron chi connectivity index (χ3n) is 4.71. The van der Waals surface area contributed by atoms with Crippen molar-refractivity contribution in [3.05, 3.63) is 62.0 Å². The quantitative estimate of drug-likeness (QED) is 0.710. The Morgan fingerprint density at radius 3 is 2.92 bits per heavy atom. The number of thiophene rings is 1. The van der Waals surface area contributed by atoms with E-state index in [0.717, 1.165) is 35.0 Å². The van der Waals surface area contributed by atoms with Crippen molar-refractivity contribution in [1.29, 1.82) is 0 Å². The summed E-state index contributed by atoms with van der Waals surface area (Å²) >= 11 is 1.65. The van der Waals surface area contributed by atoms with Gasteiger partial charge in [-0.15, -0.1) is 11.3 Å². The van der Waals surface area contributed by atoms with E-state index in [1.807, 2.05) is 6.07 Å². The summed E-state index contributed by atoms with van der Waals surface area (Å²) in [6, 6.07) is 7.12. The molecule has 0 radical (unpaired) electrons. The van der Waals surface area contributed by atoms with Gasteiger partial charge in [-0.05, 0) is 48.9 Å². The standard InChI is InChI=1S/C19H19N3O2S/c20-17(23)12-6-4-5-11(9-12)10-15-21-18(24)16-13-7-2-1-3-8-14(13)25-19(16)22-15/h4-6,9H,1-3,7-8,10H2,(H2,20,23)(H,21,22,24). The van der Waals surface area contributed by atoms with Gasteiger partial charge in [-0.25, -0.2) is 4.98 Å². The van der Waals surface area contributed by atoms with Gasteiger partial charge in [-0.3, -0.25) is 9.59 Å². The van der Waals surface area contributed by atoms with Crippen LogP contribution in [0, 0.1) is 0 Å². The number of H-pyrrole nitrogens is 1. The average molecular weight is 353 g/mol. The molecular formula is C19H19N3O2S. The number of aromatic nitrogens is 2. The van der Waals surface area contributed by atoms with E-state index >= 15 is 0 Å². The second kappa shape index (κ2) is 6.44. The number of hydrogen-bond donors (Lipinski definition) is 2. The maximum absolute atomic E-state index is 12.6. The monoisotopic (exact) mass is 353 g/mol. The minimum atomic E-state index is -0.458. The van der Waals surface area contributed by atoms with E-state index in [2.05, 4.69) is 9.97 Å². The first-order valence-electron chi connectivity index (χ1n) is 8.54. The summed E-state index contributed by atoms with van der Waals surface area (Å²) in [5.74, 6) is 0.163. The van der Waals surface area contributed by atoms with Crippen LogP contribution in [0.4, 0.5) is 0 Å². The summed E-state index contributed by atoms with van der Waals surface area (Å²) in [7, 11) is 0. The van der Waals surface area contributed by atoms with Gasteiger partial charge in [0.05, 0.1) is 5.39 Å². The molecule has 6 heteroatoms. The largest absolute Gasteiger partial charge is 0.366 e. The maximum Gasteiger partial charge on any atom is 0.259 e. The first-order chi connectivity index (χ1) is 12.1. The van der Waals surface area contributed by atoms with Crippen molar-refractivity contribution >= 4 is 27.5 Å². The normalized spacial score (nSPS) is 14.2. The molecular weight excluding hydrogens is 334 g/mol. The number of benzene rings is 1. The number of nitrogens with two attached hydrogens (primary N) is 1. The second-order valence-corrected chi connectivity index (χ2v) is 7.58. The fraction of sp³-hybridized carbons (Fsp3) is 0.316. The van der Waals surface area contributed by atoms with Crippen LogP contribution >= 0.6 is 11.3 Å². The zero-order chi connectivity index (χ0) is 17.4. The Labute approximate surface area is 148 Å². The smallest absolute Gasteiger partial charge is 0.259 e. The Bertz CT molecular complexity index is 1020. The molecule has 1 aromatic carbocycles. The van der Waals surface area contributed by atoms with Crippen LogP contribution in [0.15, 0.2) is 29.1 Å². The van der Waals surface area contributed by atoms with E-state index in [4.69, 9.17) is 5.73 Å². The van der Waals surface area contributed by atoms with Crippen LogP contribution in [-0.2, 0) is 19.3 Å². The van der Waals surface area contributed by atoms with Crippen molar-refractivity contribution < 1.29 is 4.79 Å². The van der Waals surface area contributed by atoms with Gasteiger partial charge in [0.25, 0.3) is 5.56 Å². The molecule has 0 atom stereocenters. The van der Waals surface area contributed by atoms with Crippen molar-refractivity contribution in [2.45, 2.75) is 38.5 Å². The predicted molar refractivity (Wildman–Crippen MR) is 99.3 cm³/mol. The Balaban J connectivity index is 1.73. The lowest BCUT2D eigenvalue weighted by atomic mass is 10.1. The number of nitrogens with zero attached hydrogens (tertiary/aromatic N) is 1. The number of carbonyl (C=O) groups excluding carboxylic acids is 1. The van der Waals surface area contributed by atoms with Gasteiger partial charge in [-0.1, -0.05) is 18.6 Å². The van der Waals surface area contributed by atoms with Crippen LogP contribution in [-0.4, -0.2) is 15.9 Å². The Morgan fingerprint density at radius 2 is 2.08 bits per heavy atom. The lowest BCUT2D eigenvalue weighted by molar-refractivity contribution is 0.1000. The van der Waals surface area contributed by atoms with Gasteiger partial charge in [0.2, 0.25) is 5.91 Å². The molecule has 0 fully saturated rings. The van der Waals surface area contributed by atoms with E-state index in [0.29, 0.717) is 17.8 Å². The number of nitrogens with one attached hydrogen (secondary N) is 1. The summed E-state index contributed by atoms with van der Waals surface area (Å²) < 4.78 is 0. The molecule has 0 spiro atoms. The van der Waals surface area contributed by atoms with Crippen molar-refractivity contribution in [1.82, 2.24) is 9.97 Å². The molecule has 1 aliphatic rings. The molecule has 0 unspecified atom stereocenters. The predicted octanol–water partition coefficient (Wildman–Crippen LogP) is 2.94. The Morgan fingerprint density at radius 1 is 1.24 bits per heavy atom. The van der Waals surface area contributed by atoms with Crippen LogP contribution in [0.3, 0.4) is 0 Å². The number of aryl methyl sites for hydroxylation is 2. The summed E-state index contributed by atoms with van der Waals surface area (Å²) in [4.78, 5) is 33.7. The number of fused-ring (bicyclic) bond motifs is 3. The van der Waals surface area contributed by atoms with Gasteiger partial charge >= 0.3 is 0 Å². The van der Waals surface area contributed by atoms with Crippen molar-refractivity contribution in [3.63, 3.8) is 0 Å². The van der Waals surface area contributed by atoms with E-state index < -0.39 is 5.91 Å². The van der Waals surface area contributed by atoms with E-state index in [9.17, 15) is 9.59 Å². The molecule has 3 N–H and O–H groups in total. The Kier molecular flexibility index (Phi) is 4.13. The topological polar surface area (TPSA) is 88.8 Å². The summed E-state index contributed by atoms with van der Waals surface area (Å²) in [5.41, 5.74) is 7.85. The fourth-order valence-corrected chi connectivity index (χ4v) is 4.78. The molecule has 4 rings (SSSR count). The highest BCUT2D eigenvalue weighted by atomic mass is 32.1. The van der Waals surface area contributed by atoms with Crippen molar-refractivity contribution in [3.8, 4) is 0 Å². The molecule has 0 bridgehead atoms. The first-order valence-corrected chi connectivity index (χ1v) is 9.35. The fourth-order valence-electron chi connectivity index (χ4n) is 3.50. The summed E-state index contributed by atoms with van der Waals surface area (Å²) in [6.45, 7) is 0. The molecule has 0 saturated heterocycles. The minimum absolute atomic E-state index is 0.0505. The number of primary amides is 1. The summed E-state index contributed by atoms with van der Waals surface area (Å²) in [6.07, 6.45) is 6.04. The van der Waals surface area contributed by atoms with Crippen LogP contribution in [0.5, 0.6) is 0 Å². The molecule has 1 aliphatic carbocycles. The van der Waals surface area contributed by atoms with Crippen LogP contribution in [0.25, 0.3) is 10.2 Å². The van der Waals surface area contributed by atoms with Crippen LogP contribution in [0.2, 0.25) is 0 Å². The molecule has 5 nitrogen and oxygen atoms in total. The van der Waals surface area contributed by atoms with Gasteiger partial charge in [0.1, 0.15) is 10.7 Å². The number of aromatic amines is 1. The van der Waals surface area contributed by atoms with E-state index in [1.54, 1.807) is 29.5 Å². The lowest BCUT2D eigenvalue weighted by Crippen LogP contribution is -2.13. The van der Waals surface area contributed by atoms with Crippen molar-refractivity contribution in [2.24, 2.45) is 5.73 Å². The number of hydrogen-bond acceptors (Lipinski definition) is 4. The van der Waals surface area contributed by atoms with Gasteiger partial charge in [0.15, 0.2) is 0 Å². The average Bonchev–Trinajstić information content (AvgIpc) is 2.77. The number of amides is 1. The van der Waals surface area contributed by atoms with Crippen LogP contribution < -0.4 is 11.3 Å². The van der Waals surface area contributed by atoms with Gasteiger partial charge in [-0.2, -0.15) is 0 Å². The number of rotatable bonds is 3. The molecule has 1 amide bonds. The van der Waals surface area contributed by atoms with Crippen molar-refractivity contribution in [2.75, 3.05) is 0 Å². The van der Waals surface area contributed by atoms with E-state index in [-0.39, 0.29) is 5.56 Å². The number of carbonyl (C=O) groups is 1. The van der Waals surface area contributed by atoms with Gasteiger partial charge < -0.3 is 10.7 Å². The summed E-state index contributed by atoms with van der Waals surface area (Å²) in [5, 5.41) is 0.775. The minimum Gasteiger partial charge on any atom is -0.366 e. The zero-order valence-electron chi connectivity index (χ0n) is 13.8. The Hall–Kier alpha value is -2.47. The maximum atomic E-state index is 12.6. The lowest BCUT2D eigenvalue weighted by Gasteiger charge is -2.04. The molecule has 128 valence electrons. The van der Waals surface area contributed by atoms with E-state index in [1.165, 1.54) is 23.3 Å². The molecule has 2 heterocycles. The van der Waals surface area contributed by atoms with Gasteiger partial charge in [0, 0.05) is 16.9 Å². The molecule has 25 heavy (non-hydrogen) atoms. The molecule has 0 saturated carbocycles. The SMILES string of the molecule is NC(=O)c1cccc(Cc2nc3sc4c(c3c(=O)[nH]2)CCCCC4)c1.